The summed E-state index contributed by atoms with van der Waals surface area (Å²) in [6.45, 7) is 4.44. The number of aryl methyl sites for hydroxylation is 1. The third kappa shape index (κ3) is 1.79. The molecule has 1 fully saturated rings. The van der Waals surface area contributed by atoms with Crippen LogP contribution in [0.3, 0.4) is 0 Å². The van der Waals surface area contributed by atoms with E-state index < -0.39 is 0 Å². The molecule has 4 heteroatoms. The van der Waals surface area contributed by atoms with E-state index in [0.717, 1.165) is 31.6 Å². The molecule has 17 heavy (non-hydrogen) atoms. The predicted octanol–water partition coefficient (Wildman–Crippen LogP) is 1.87. The van der Waals surface area contributed by atoms with Crippen molar-refractivity contribution in [2.75, 3.05) is 13.1 Å². The molecular formula is C13H21N3O. The van der Waals surface area contributed by atoms with E-state index in [1.807, 2.05) is 6.20 Å². The second-order valence-corrected chi connectivity index (χ2v) is 5.14. The van der Waals surface area contributed by atoms with Crippen LogP contribution < -0.4 is 0 Å². The molecule has 0 aliphatic carbocycles. The van der Waals surface area contributed by atoms with Gasteiger partial charge in [0, 0.05) is 11.9 Å². The van der Waals surface area contributed by atoms with Gasteiger partial charge in [0.25, 0.3) is 0 Å². The fourth-order valence-corrected chi connectivity index (χ4v) is 3.28. The summed E-state index contributed by atoms with van der Waals surface area (Å²) in [5.74, 6) is 1.09. The number of hydrogen-bond donors (Lipinski definition) is 1. The lowest BCUT2D eigenvalue weighted by atomic mass is 10.1. The zero-order valence-electron chi connectivity index (χ0n) is 10.5. The van der Waals surface area contributed by atoms with E-state index in [1.54, 1.807) is 0 Å². The van der Waals surface area contributed by atoms with Gasteiger partial charge in [0.15, 0.2) is 0 Å². The summed E-state index contributed by atoms with van der Waals surface area (Å²) >= 11 is 0. The molecule has 1 N–H and O–H groups in total. The molecule has 2 aliphatic rings. The summed E-state index contributed by atoms with van der Waals surface area (Å²) in [7, 11) is 0. The summed E-state index contributed by atoms with van der Waals surface area (Å²) in [6.07, 6.45) is 7.04. The maximum atomic E-state index is 10.2. The third-order valence-electron chi connectivity index (χ3n) is 4.16. The molecule has 1 saturated heterocycles. The summed E-state index contributed by atoms with van der Waals surface area (Å²) in [4.78, 5) is 7.06. The zero-order valence-corrected chi connectivity index (χ0v) is 10.5. The molecule has 2 unspecified atom stereocenters. The Labute approximate surface area is 102 Å². The van der Waals surface area contributed by atoms with Gasteiger partial charge in [-0.25, -0.2) is 4.98 Å². The molecule has 3 heterocycles. The average molecular weight is 235 g/mol. The number of nitrogens with zero attached hydrogens (tertiary/aromatic N) is 3. The fraction of sp³-hybridized carbons (Fsp3) is 0.769. The quantitative estimate of drug-likeness (QED) is 0.850. The third-order valence-corrected chi connectivity index (χ3v) is 4.16. The van der Waals surface area contributed by atoms with Crippen LogP contribution in [-0.4, -0.2) is 32.6 Å². The Morgan fingerprint density at radius 3 is 3.12 bits per heavy atom. The highest BCUT2D eigenvalue weighted by atomic mass is 16.3. The van der Waals surface area contributed by atoms with Gasteiger partial charge >= 0.3 is 0 Å². The van der Waals surface area contributed by atoms with Crippen LogP contribution in [0.4, 0.5) is 0 Å². The highest BCUT2D eigenvalue weighted by Gasteiger charge is 2.31. The predicted molar refractivity (Wildman–Crippen MR) is 65.6 cm³/mol. The zero-order chi connectivity index (χ0) is 11.8. The number of imidazole rings is 1. The van der Waals surface area contributed by atoms with Gasteiger partial charge in [-0.05, 0) is 45.2 Å². The van der Waals surface area contributed by atoms with E-state index in [1.165, 1.54) is 25.1 Å². The highest BCUT2D eigenvalue weighted by molar-refractivity contribution is 5.13. The van der Waals surface area contributed by atoms with Crippen molar-refractivity contribution in [2.45, 2.75) is 51.3 Å². The molecule has 0 radical (unpaired) electrons. The van der Waals surface area contributed by atoms with Crippen LogP contribution >= 0.6 is 0 Å². The normalized spacial score (nSPS) is 29.5. The van der Waals surface area contributed by atoms with E-state index in [2.05, 4.69) is 21.4 Å². The van der Waals surface area contributed by atoms with Crippen LogP contribution in [0.25, 0.3) is 0 Å². The van der Waals surface area contributed by atoms with Crippen molar-refractivity contribution in [2.24, 2.45) is 0 Å². The first-order valence-corrected chi connectivity index (χ1v) is 6.79. The van der Waals surface area contributed by atoms with E-state index in [4.69, 9.17) is 0 Å². The molecule has 2 atom stereocenters. The van der Waals surface area contributed by atoms with Gasteiger partial charge in [-0.3, -0.25) is 4.90 Å². The van der Waals surface area contributed by atoms with Crippen LogP contribution in [0.1, 0.15) is 56.4 Å². The van der Waals surface area contributed by atoms with Crippen molar-refractivity contribution in [3.05, 3.63) is 17.7 Å². The van der Waals surface area contributed by atoms with E-state index in [-0.39, 0.29) is 6.23 Å². The number of likely N-dealkylation sites (tertiary alicyclic amines) is 1. The van der Waals surface area contributed by atoms with Crippen molar-refractivity contribution < 1.29 is 5.11 Å². The minimum atomic E-state index is -0.351. The first-order valence-electron chi connectivity index (χ1n) is 6.79. The average Bonchev–Trinajstić information content (AvgIpc) is 2.94. The smallest absolute Gasteiger partial charge is 0.132 e. The second-order valence-electron chi connectivity index (χ2n) is 5.14. The Morgan fingerprint density at radius 1 is 1.41 bits per heavy atom. The van der Waals surface area contributed by atoms with Crippen LogP contribution in [0.5, 0.6) is 0 Å². The van der Waals surface area contributed by atoms with Gasteiger partial charge in [0.05, 0.1) is 6.04 Å². The molecule has 0 aromatic carbocycles. The van der Waals surface area contributed by atoms with Crippen molar-refractivity contribution in [3.8, 4) is 0 Å². The molecule has 3 rings (SSSR count). The molecular weight excluding hydrogens is 214 g/mol. The number of aliphatic hydroxyl groups is 1. The van der Waals surface area contributed by atoms with Gasteiger partial charge < -0.3 is 9.67 Å². The lowest BCUT2D eigenvalue weighted by molar-refractivity contribution is 0.0706. The van der Waals surface area contributed by atoms with Crippen molar-refractivity contribution in [1.29, 1.82) is 0 Å². The molecule has 94 valence electrons. The lowest BCUT2D eigenvalue weighted by Crippen LogP contribution is -2.28. The second kappa shape index (κ2) is 4.42. The minimum Gasteiger partial charge on any atom is -0.373 e. The molecule has 1 aromatic rings. The monoisotopic (exact) mass is 235 g/mol. The van der Waals surface area contributed by atoms with Gasteiger partial charge in [0.2, 0.25) is 0 Å². The number of hydrogen-bond acceptors (Lipinski definition) is 3. The number of aliphatic hydroxyl groups excluding tert-OH is 1. The Bertz CT molecular complexity index is 401. The molecule has 4 nitrogen and oxygen atoms in total. The summed E-state index contributed by atoms with van der Waals surface area (Å²) in [5.41, 5.74) is 1.21. The first kappa shape index (κ1) is 11.2. The van der Waals surface area contributed by atoms with Crippen LogP contribution in [0.2, 0.25) is 0 Å². The van der Waals surface area contributed by atoms with Crippen LogP contribution in [0.15, 0.2) is 6.20 Å². The number of rotatable bonds is 2. The SMILES string of the molecule is CCN1CCCC1c1ncc2n1C(O)CCC2. The lowest BCUT2D eigenvalue weighted by Gasteiger charge is -2.28. The van der Waals surface area contributed by atoms with E-state index in [9.17, 15) is 5.11 Å². The van der Waals surface area contributed by atoms with E-state index >= 15 is 0 Å². The maximum absolute atomic E-state index is 10.2. The van der Waals surface area contributed by atoms with Gasteiger partial charge in [-0.2, -0.15) is 0 Å². The molecule has 1 aromatic heterocycles. The Hall–Kier alpha value is -0.870. The standard InChI is InChI=1S/C13H21N3O/c1-2-15-8-4-6-11(15)13-14-9-10-5-3-7-12(17)16(10)13/h9,11-12,17H,2-8H2,1H3. The Morgan fingerprint density at radius 2 is 2.29 bits per heavy atom. The fourth-order valence-electron chi connectivity index (χ4n) is 3.28. The van der Waals surface area contributed by atoms with E-state index in [0.29, 0.717) is 6.04 Å². The topological polar surface area (TPSA) is 41.3 Å². The van der Waals surface area contributed by atoms with Crippen molar-refractivity contribution in [1.82, 2.24) is 14.5 Å². The van der Waals surface area contributed by atoms with Crippen LogP contribution in [-0.2, 0) is 6.42 Å². The molecule has 0 amide bonds. The van der Waals surface area contributed by atoms with Gasteiger partial charge in [-0.15, -0.1) is 0 Å². The van der Waals surface area contributed by atoms with Crippen molar-refractivity contribution in [3.63, 3.8) is 0 Å². The highest BCUT2D eigenvalue weighted by Crippen LogP contribution is 2.34. The number of fused-ring (bicyclic) bond motifs is 1. The van der Waals surface area contributed by atoms with Gasteiger partial charge in [0.1, 0.15) is 12.1 Å². The first-order chi connectivity index (χ1) is 8.31. The Balaban J connectivity index is 1.95. The largest absolute Gasteiger partial charge is 0.373 e. The Kier molecular flexibility index (Phi) is 2.92. The van der Waals surface area contributed by atoms with Crippen molar-refractivity contribution >= 4 is 0 Å². The maximum Gasteiger partial charge on any atom is 0.132 e. The minimum absolute atomic E-state index is 0.351. The number of aromatic nitrogens is 2. The molecule has 0 bridgehead atoms. The molecule has 0 spiro atoms. The van der Waals surface area contributed by atoms with Gasteiger partial charge in [-0.1, -0.05) is 6.92 Å². The summed E-state index contributed by atoms with van der Waals surface area (Å²) in [6, 6.07) is 0.418. The molecule has 0 saturated carbocycles. The summed E-state index contributed by atoms with van der Waals surface area (Å²) < 4.78 is 2.09. The molecule has 2 aliphatic heterocycles. The summed E-state index contributed by atoms with van der Waals surface area (Å²) in [5, 5.41) is 10.2. The van der Waals surface area contributed by atoms with Crippen LogP contribution in [0, 0.1) is 0 Å².